The predicted octanol–water partition coefficient (Wildman–Crippen LogP) is 4.80. The van der Waals surface area contributed by atoms with E-state index in [1.54, 1.807) is 0 Å². The molecule has 0 unspecified atom stereocenters. The zero-order valence-electron chi connectivity index (χ0n) is 10.4. The normalized spacial score (nSPS) is 10.7. The SMILES string of the molecule is C=C(C)c1ccc(C(C)C)cc1CCC. The average Bonchev–Trinajstić information content (AvgIpc) is 2.17. The topological polar surface area (TPSA) is 0 Å². The van der Waals surface area contributed by atoms with Crippen LogP contribution in [0, 0.1) is 0 Å². The fraction of sp³-hybridized carbons (Fsp3) is 0.467. The van der Waals surface area contributed by atoms with Gasteiger partial charge in [-0.3, -0.25) is 0 Å². The highest BCUT2D eigenvalue weighted by Gasteiger charge is 2.06. The van der Waals surface area contributed by atoms with Gasteiger partial charge in [0.2, 0.25) is 0 Å². The first-order chi connectivity index (χ1) is 7.06. The highest BCUT2D eigenvalue weighted by molar-refractivity contribution is 5.65. The standard InChI is InChI=1S/C15H22/c1-6-7-14-10-13(11(2)3)8-9-15(14)12(4)5/h8-11H,4,6-7H2,1-3,5H3. The molecule has 1 rings (SSSR count). The summed E-state index contributed by atoms with van der Waals surface area (Å²) in [7, 11) is 0. The summed E-state index contributed by atoms with van der Waals surface area (Å²) < 4.78 is 0. The highest BCUT2D eigenvalue weighted by atomic mass is 14.1. The molecule has 0 spiro atoms. The van der Waals surface area contributed by atoms with Crippen molar-refractivity contribution in [1.82, 2.24) is 0 Å². The number of aryl methyl sites for hydroxylation is 1. The van der Waals surface area contributed by atoms with Crippen LogP contribution in [-0.4, -0.2) is 0 Å². The van der Waals surface area contributed by atoms with Gasteiger partial charge in [0.05, 0.1) is 0 Å². The molecule has 0 atom stereocenters. The van der Waals surface area contributed by atoms with Gasteiger partial charge in [-0.05, 0) is 36.0 Å². The summed E-state index contributed by atoms with van der Waals surface area (Å²) in [5, 5.41) is 0. The fourth-order valence-electron chi connectivity index (χ4n) is 1.87. The van der Waals surface area contributed by atoms with Crippen molar-refractivity contribution in [2.75, 3.05) is 0 Å². The largest absolute Gasteiger partial charge is 0.0955 e. The van der Waals surface area contributed by atoms with E-state index in [9.17, 15) is 0 Å². The zero-order valence-corrected chi connectivity index (χ0v) is 10.4. The van der Waals surface area contributed by atoms with Crippen molar-refractivity contribution in [3.63, 3.8) is 0 Å². The smallest absolute Gasteiger partial charge is 0.0201 e. The van der Waals surface area contributed by atoms with Crippen molar-refractivity contribution in [1.29, 1.82) is 0 Å². The summed E-state index contributed by atoms with van der Waals surface area (Å²) in [6.07, 6.45) is 2.35. The molecule has 0 nitrogen and oxygen atoms in total. The summed E-state index contributed by atoms with van der Waals surface area (Å²) in [6, 6.07) is 6.80. The fourth-order valence-corrected chi connectivity index (χ4v) is 1.87. The Hall–Kier alpha value is -1.04. The molecule has 0 aliphatic carbocycles. The van der Waals surface area contributed by atoms with Gasteiger partial charge in [-0.1, -0.05) is 57.5 Å². The van der Waals surface area contributed by atoms with Crippen molar-refractivity contribution in [3.8, 4) is 0 Å². The van der Waals surface area contributed by atoms with E-state index in [1.165, 1.54) is 28.7 Å². The molecule has 82 valence electrons. The van der Waals surface area contributed by atoms with Crippen LogP contribution in [0.25, 0.3) is 5.57 Å². The van der Waals surface area contributed by atoms with Crippen LogP contribution < -0.4 is 0 Å². The number of benzene rings is 1. The molecule has 1 aromatic carbocycles. The first-order valence-electron chi connectivity index (χ1n) is 5.85. The Morgan fingerprint density at radius 2 is 2.00 bits per heavy atom. The van der Waals surface area contributed by atoms with Gasteiger partial charge in [0.15, 0.2) is 0 Å². The zero-order chi connectivity index (χ0) is 11.4. The molecule has 15 heavy (non-hydrogen) atoms. The molecular formula is C15H22. The quantitative estimate of drug-likeness (QED) is 0.658. The number of hydrogen-bond donors (Lipinski definition) is 0. The Morgan fingerprint density at radius 1 is 1.33 bits per heavy atom. The minimum atomic E-state index is 0.611. The van der Waals surface area contributed by atoms with Crippen molar-refractivity contribution in [2.45, 2.75) is 46.5 Å². The highest BCUT2D eigenvalue weighted by Crippen LogP contribution is 2.24. The van der Waals surface area contributed by atoms with Gasteiger partial charge in [0, 0.05) is 0 Å². The van der Waals surface area contributed by atoms with Gasteiger partial charge < -0.3 is 0 Å². The van der Waals surface area contributed by atoms with Crippen molar-refractivity contribution in [3.05, 3.63) is 41.5 Å². The second kappa shape index (κ2) is 5.16. The van der Waals surface area contributed by atoms with Crippen LogP contribution in [0.1, 0.15) is 56.7 Å². The molecule has 0 fully saturated rings. The molecular weight excluding hydrogens is 180 g/mol. The Morgan fingerprint density at radius 3 is 2.47 bits per heavy atom. The summed E-state index contributed by atoms with van der Waals surface area (Å²) in [6.45, 7) is 12.8. The van der Waals surface area contributed by atoms with Crippen LogP contribution in [0.15, 0.2) is 24.8 Å². The Kier molecular flexibility index (Phi) is 4.14. The van der Waals surface area contributed by atoms with E-state index in [0.717, 1.165) is 6.42 Å². The number of hydrogen-bond acceptors (Lipinski definition) is 0. The molecule has 0 heteroatoms. The lowest BCUT2D eigenvalue weighted by Crippen LogP contribution is -1.95. The van der Waals surface area contributed by atoms with Crippen LogP contribution in [-0.2, 0) is 6.42 Å². The first-order valence-corrected chi connectivity index (χ1v) is 5.85. The average molecular weight is 202 g/mol. The van der Waals surface area contributed by atoms with E-state index in [1.807, 2.05) is 0 Å². The molecule has 0 radical (unpaired) electrons. The lowest BCUT2D eigenvalue weighted by molar-refractivity contribution is 0.853. The predicted molar refractivity (Wildman–Crippen MR) is 69.2 cm³/mol. The van der Waals surface area contributed by atoms with Crippen LogP contribution in [0.2, 0.25) is 0 Å². The molecule has 0 amide bonds. The molecule has 0 aliphatic rings. The third-order valence-electron chi connectivity index (χ3n) is 2.78. The van der Waals surface area contributed by atoms with Crippen LogP contribution >= 0.6 is 0 Å². The van der Waals surface area contributed by atoms with E-state index in [-0.39, 0.29) is 0 Å². The van der Waals surface area contributed by atoms with Gasteiger partial charge in [0.25, 0.3) is 0 Å². The maximum atomic E-state index is 4.04. The van der Waals surface area contributed by atoms with Crippen molar-refractivity contribution >= 4 is 5.57 Å². The van der Waals surface area contributed by atoms with Crippen molar-refractivity contribution < 1.29 is 0 Å². The van der Waals surface area contributed by atoms with Gasteiger partial charge in [-0.2, -0.15) is 0 Å². The van der Waals surface area contributed by atoms with E-state index in [2.05, 4.69) is 52.5 Å². The lowest BCUT2D eigenvalue weighted by atomic mass is 9.93. The molecule has 0 aliphatic heterocycles. The second-order valence-corrected chi connectivity index (χ2v) is 4.60. The van der Waals surface area contributed by atoms with Gasteiger partial charge in [0.1, 0.15) is 0 Å². The molecule has 0 saturated heterocycles. The Bertz CT molecular complexity index is 345. The monoisotopic (exact) mass is 202 g/mol. The minimum absolute atomic E-state index is 0.611. The number of allylic oxidation sites excluding steroid dienone is 1. The third-order valence-corrected chi connectivity index (χ3v) is 2.78. The van der Waals surface area contributed by atoms with E-state index in [4.69, 9.17) is 0 Å². The van der Waals surface area contributed by atoms with E-state index >= 15 is 0 Å². The van der Waals surface area contributed by atoms with Crippen molar-refractivity contribution in [2.24, 2.45) is 0 Å². The van der Waals surface area contributed by atoms with Crippen LogP contribution in [0.3, 0.4) is 0 Å². The van der Waals surface area contributed by atoms with Gasteiger partial charge in [-0.25, -0.2) is 0 Å². The van der Waals surface area contributed by atoms with Gasteiger partial charge in [-0.15, -0.1) is 0 Å². The number of rotatable bonds is 4. The Labute approximate surface area is 94.0 Å². The maximum Gasteiger partial charge on any atom is -0.0201 e. The lowest BCUT2D eigenvalue weighted by Gasteiger charge is -2.13. The summed E-state index contributed by atoms with van der Waals surface area (Å²) in [4.78, 5) is 0. The molecule has 0 aromatic heterocycles. The minimum Gasteiger partial charge on any atom is -0.0955 e. The summed E-state index contributed by atoms with van der Waals surface area (Å²) in [5.41, 5.74) is 5.40. The van der Waals surface area contributed by atoms with Gasteiger partial charge >= 0.3 is 0 Å². The van der Waals surface area contributed by atoms with E-state index < -0.39 is 0 Å². The second-order valence-electron chi connectivity index (χ2n) is 4.60. The van der Waals surface area contributed by atoms with Crippen LogP contribution in [0.4, 0.5) is 0 Å². The third kappa shape index (κ3) is 2.95. The molecule has 0 N–H and O–H groups in total. The molecule has 0 saturated carbocycles. The molecule has 1 aromatic rings. The summed E-state index contributed by atoms with van der Waals surface area (Å²) in [5.74, 6) is 0.611. The van der Waals surface area contributed by atoms with Crippen LogP contribution in [0.5, 0.6) is 0 Å². The Balaban J connectivity index is 3.14. The molecule has 0 heterocycles. The summed E-state index contributed by atoms with van der Waals surface area (Å²) >= 11 is 0. The molecule has 0 bridgehead atoms. The maximum absolute atomic E-state index is 4.04. The van der Waals surface area contributed by atoms with E-state index in [0.29, 0.717) is 5.92 Å². The first kappa shape index (κ1) is 12.0.